The van der Waals surface area contributed by atoms with E-state index in [1.165, 1.54) is 18.9 Å². The van der Waals surface area contributed by atoms with Gasteiger partial charge in [-0.25, -0.2) is 4.99 Å². The molecule has 12 nitrogen and oxygen atoms in total. The van der Waals surface area contributed by atoms with Crippen LogP contribution < -0.4 is 10.2 Å². The van der Waals surface area contributed by atoms with Crippen LogP contribution in [0.2, 0.25) is 0 Å². The SMILES string of the molecule is COC1=C(OCCCOC2C=C3CN(C(=O)CCC(=O)[O-])CC3=CC2OC)N=C2SC(C(=O)CCC(=O)[O-])=CC2C1. The summed E-state index contributed by atoms with van der Waals surface area (Å²) in [5.74, 6) is -2.20. The molecule has 1 aliphatic carbocycles. The van der Waals surface area contributed by atoms with Crippen LogP contribution in [-0.4, -0.2) is 86.3 Å². The molecule has 3 aliphatic heterocycles. The summed E-state index contributed by atoms with van der Waals surface area (Å²) >= 11 is 1.22. The molecule has 4 aliphatic rings. The fraction of sp³-hybridized carbons (Fsp3) is 0.536. The predicted octanol–water partition coefficient (Wildman–Crippen LogP) is -0.00420. The number of Topliss-reactive ketones (excluding diaryl/α,β-unsaturated/α-hetero) is 1. The van der Waals surface area contributed by atoms with E-state index in [0.29, 0.717) is 60.7 Å². The number of carbonyl (C=O) groups is 4. The summed E-state index contributed by atoms with van der Waals surface area (Å²) in [5.41, 5.74) is 1.93. The first-order valence-corrected chi connectivity index (χ1v) is 14.1. The summed E-state index contributed by atoms with van der Waals surface area (Å²) in [5, 5.41) is 22.1. The Morgan fingerprint density at radius 2 is 1.63 bits per heavy atom. The summed E-state index contributed by atoms with van der Waals surface area (Å²) in [6.07, 6.45) is 5.20. The minimum Gasteiger partial charge on any atom is -0.550 e. The van der Waals surface area contributed by atoms with E-state index in [4.69, 9.17) is 18.9 Å². The van der Waals surface area contributed by atoms with Crippen molar-refractivity contribution in [1.29, 1.82) is 0 Å². The molecule has 1 fully saturated rings. The Morgan fingerprint density at radius 3 is 2.29 bits per heavy atom. The summed E-state index contributed by atoms with van der Waals surface area (Å²) in [7, 11) is 3.12. The lowest BCUT2D eigenvalue weighted by Gasteiger charge is -2.26. The maximum absolute atomic E-state index is 12.3. The van der Waals surface area contributed by atoms with E-state index in [1.807, 2.05) is 12.2 Å². The van der Waals surface area contributed by atoms with E-state index < -0.39 is 11.9 Å². The van der Waals surface area contributed by atoms with Crippen molar-refractivity contribution in [2.45, 2.75) is 50.7 Å². The zero-order valence-corrected chi connectivity index (χ0v) is 23.7. The van der Waals surface area contributed by atoms with Gasteiger partial charge in [-0.15, -0.1) is 0 Å². The highest BCUT2D eigenvalue weighted by atomic mass is 32.2. The molecule has 222 valence electrons. The summed E-state index contributed by atoms with van der Waals surface area (Å²) in [4.78, 5) is 52.7. The van der Waals surface area contributed by atoms with Gasteiger partial charge in [-0.1, -0.05) is 17.8 Å². The molecule has 0 bridgehead atoms. The molecular weight excluding hydrogens is 556 g/mol. The van der Waals surface area contributed by atoms with Crippen molar-refractivity contribution in [1.82, 2.24) is 4.90 Å². The van der Waals surface area contributed by atoms with E-state index in [-0.39, 0.29) is 55.5 Å². The molecule has 3 atom stereocenters. The second kappa shape index (κ2) is 14.0. The van der Waals surface area contributed by atoms with Crippen LogP contribution in [0.15, 0.2) is 50.9 Å². The van der Waals surface area contributed by atoms with Crippen LogP contribution in [0.1, 0.15) is 38.5 Å². The van der Waals surface area contributed by atoms with Crippen LogP contribution in [0.25, 0.3) is 0 Å². The Kier molecular flexibility index (Phi) is 10.4. The Hall–Kier alpha value is -3.42. The van der Waals surface area contributed by atoms with Crippen LogP contribution in [0.3, 0.4) is 0 Å². The molecule has 0 aromatic carbocycles. The minimum atomic E-state index is -1.26. The third kappa shape index (κ3) is 7.86. The van der Waals surface area contributed by atoms with Crippen molar-refractivity contribution in [3.8, 4) is 0 Å². The van der Waals surface area contributed by atoms with Crippen molar-refractivity contribution in [2.24, 2.45) is 10.9 Å². The van der Waals surface area contributed by atoms with Crippen molar-refractivity contribution in [3.63, 3.8) is 0 Å². The zero-order valence-electron chi connectivity index (χ0n) is 22.9. The van der Waals surface area contributed by atoms with E-state index in [2.05, 4.69) is 4.99 Å². The molecule has 0 N–H and O–H groups in total. The van der Waals surface area contributed by atoms with Gasteiger partial charge in [0.05, 0.1) is 30.3 Å². The zero-order chi connectivity index (χ0) is 29.5. The molecule has 13 heteroatoms. The normalized spacial score (nSPS) is 23.2. The lowest BCUT2D eigenvalue weighted by atomic mass is 9.96. The number of aliphatic carboxylic acids is 2. The van der Waals surface area contributed by atoms with Gasteiger partial charge in [0, 0.05) is 63.7 Å². The maximum Gasteiger partial charge on any atom is 0.253 e. The van der Waals surface area contributed by atoms with Crippen molar-refractivity contribution in [3.05, 3.63) is 45.9 Å². The monoisotopic (exact) mass is 588 g/mol. The number of amides is 1. The number of ketones is 1. The van der Waals surface area contributed by atoms with Crippen molar-refractivity contribution < 1.29 is 48.3 Å². The number of carbonyl (C=O) groups excluding carboxylic acids is 4. The number of thioether (sulfide) groups is 1. The predicted molar refractivity (Wildman–Crippen MR) is 143 cm³/mol. The largest absolute Gasteiger partial charge is 0.550 e. The molecule has 3 heterocycles. The minimum absolute atomic E-state index is 0.0941. The Balaban J connectivity index is 1.25. The lowest BCUT2D eigenvalue weighted by Crippen LogP contribution is -2.31. The number of aliphatic imine (C=N–C) groups is 1. The average Bonchev–Trinajstić information content (AvgIpc) is 3.56. The Bertz CT molecular complexity index is 1230. The molecule has 0 saturated carbocycles. The molecular formula is C28H32N2O10S-2. The van der Waals surface area contributed by atoms with E-state index in [9.17, 15) is 29.4 Å². The Morgan fingerprint density at radius 1 is 0.951 bits per heavy atom. The highest BCUT2D eigenvalue weighted by Crippen LogP contribution is 2.41. The van der Waals surface area contributed by atoms with Crippen LogP contribution >= 0.6 is 11.8 Å². The van der Waals surface area contributed by atoms with Gasteiger partial charge in [-0.3, -0.25) is 9.59 Å². The van der Waals surface area contributed by atoms with Crippen LogP contribution in [-0.2, 0) is 38.1 Å². The fourth-order valence-corrected chi connectivity index (χ4v) is 5.97. The molecule has 1 amide bonds. The van der Waals surface area contributed by atoms with Gasteiger partial charge in [-0.05, 0) is 36.1 Å². The number of carboxylic acid groups (broad SMARTS) is 2. The standard InChI is InChI=1S/C28H34N2O10S/c1-37-20-11-17-14-30(24(32)5-7-26(35)36)15-18(17)12-21(20)39-8-3-9-40-27-22(38-2)10-16-13-23(41-28(16)29-27)19(31)4-6-25(33)34/h11-13,16,20-21H,3-10,14-15H2,1-2H3,(H,33,34)(H,35,36)/p-2. The fourth-order valence-electron chi connectivity index (χ4n) is 4.86. The molecule has 0 spiro atoms. The number of hydrogen-bond acceptors (Lipinski definition) is 12. The molecule has 41 heavy (non-hydrogen) atoms. The number of nitrogens with zero attached hydrogens (tertiary/aromatic N) is 2. The first-order valence-electron chi connectivity index (χ1n) is 13.3. The second-order valence-electron chi connectivity index (χ2n) is 9.86. The van der Waals surface area contributed by atoms with Gasteiger partial charge >= 0.3 is 0 Å². The van der Waals surface area contributed by atoms with E-state index in [1.54, 1.807) is 18.1 Å². The summed E-state index contributed by atoms with van der Waals surface area (Å²) < 4.78 is 23.0. The number of rotatable bonds is 15. The van der Waals surface area contributed by atoms with Gasteiger partial charge < -0.3 is 43.6 Å². The van der Waals surface area contributed by atoms with E-state index in [0.717, 1.165) is 11.1 Å². The molecule has 0 radical (unpaired) electrons. The van der Waals surface area contributed by atoms with E-state index >= 15 is 0 Å². The molecule has 4 rings (SSSR count). The van der Waals surface area contributed by atoms with Crippen molar-refractivity contribution in [2.75, 3.05) is 40.5 Å². The number of fused-ring (bicyclic) bond motifs is 2. The van der Waals surface area contributed by atoms with Gasteiger partial charge in [0.25, 0.3) is 5.88 Å². The van der Waals surface area contributed by atoms with Gasteiger partial charge in [0.2, 0.25) is 5.91 Å². The van der Waals surface area contributed by atoms with Gasteiger partial charge in [0.15, 0.2) is 11.5 Å². The number of likely N-dealkylation sites (tertiary alicyclic amines) is 1. The second-order valence-corrected chi connectivity index (χ2v) is 10.9. The highest BCUT2D eigenvalue weighted by Gasteiger charge is 2.34. The molecule has 0 aromatic heterocycles. The van der Waals surface area contributed by atoms with Crippen molar-refractivity contribution >= 4 is 40.4 Å². The smallest absolute Gasteiger partial charge is 0.253 e. The topological polar surface area (TPSA) is 167 Å². The average molecular weight is 589 g/mol. The quantitative estimate of drug-likeness (QED) is 0.236. The number of hydrogen-bond donors (Lipinski definition) is 0. The number of ether oxygens (including phenoxy) is 4. The summed E-state index contributed by atoms with van der Waals surface area (Å²) in [6.45, 7) is 1.47. The third-order valence-corrected chi connectivity index (χ3v) is 8.20. The number of carboxylic acids is 2. The van der Waals surface area contributed by atoms with Gasteiger partial charge in [-0.2, -0.15) is 0 Å². The Labute approximate surface area is 241 Å². The van der Waals surface area contributed by atoms with Gasteiger partial charge in [0.1, 0.15) is 12.2 Å². The number of methoxy groups -OCH3 is 2. The molecule has 3 unspecified atom stereocenters. The first kappa shape index (κ1) is 30.5. The lowest BCUT2D eigenvalue weighted by molar-refractivity contribution is -0.307. The maximum atomic E-state index is 12.3. The highest BCUT2D eigenvalue weighted by molar-refractivity contribution is 8.18. The van der Waals surface area contributed by atoms with Crippen LogP contribution in [0.5, 0.6) is 0 Å². The third-order valence-electron chi connectivity index (χ3n) is 7.01. The summed E-state index contributed by atoms with van der Waals surface area (Å²) in [6, 6.07) is 0. The first-order chi connectivity index (χ1) is 19.7. The van der Waals surface area contributed by atoms with Crippen LogP contribution in [0, 0.1) is 5.92 Å². The molecule has 1 saturated heterocycles. The van der Waals surface area contributed by atoms with Crippen LogP contribution in [0.4, 0.5) is 0 Å². The number of allylic oxidation sites excluding steroid dienone is 3. The molecule has 0 aromatic rings.